The second-order valence-electron chi connectivity index (χ2n) is 3.80. The van der Waals surface area contributed by atoms with Crippen molar-refractivity contribution >= 4 is 0 Å². The van der Waals surface area contributed by atoms with E-state index in [1.165, 1.54) is 17.5 Å². The van der Waals surface area contributed by atoms with E-state index in [1.54, 1.807) is 0 Å². The predicted molar refractivity (Wildman–Crippen MR) is 52.1 cm³/mol. The van der Waals surface area contributed by atoms with E-state index in [0.29, 0.717) is 0 Å². The molecule has 1 rings (SSSR count). The SMILES string of the molecule is Cc1cncc(CCC(C)C)c1. The van der Waals surface area contributed by atoms with Crippen LogP contribution in [-0.2, 0) is 6.42 Å². The Morgan fingerprint density at radius 2 is 2.08 bits per heavy atom. The van der Waals surface area contributed by atoms with E-state index >= 15 is 0 Å². The molecule has 0 bridgehead atoms. The second-order valence-corrected chi connectivity index (χ2v) is 3.80. The molecule has 0 atom stereocenters. The van der Waals surface area contributed by atoms with Gasteiger partial charge >= 0.3 is 0 Å². The molecule has 1 heterocycles. The zero-order chi connectivity index (χ0) is 8.97. The van der Waals surface area contributed by atoms with Crippen LogP contribution < -0.4 is 0 Å². The highest BCUT2D eigenvalue weighted by molar-refractivity contribution is 5.16. The first-order valence-corrected chi connectivity index (χ1v) is 4.59. The van der Waals surface area contributed by atoms with Crippen molar-refractivity contribution in [3.8, 4) is 0 Å². The first kappa shape index (κ1) is 9.24. The second kappa shape index (κ2) is 4.24. The Morgan fingerprint density at radius 3 is 2.67 bits per heavy atom. The summed E-state index contributed by atoms with van der Waals surface area (Å²) in [4.78, 5) is 4.16. The number of pyridine rings is 1. The summed E-state index contributed by atoms with van der Waals surface area (Å²) in [5.41, 5.74) is 2.62. The summed E-state index contributed by atoms with van der Waals surface area (Å²) < 4.78 is 0. The number of rotatable bonds is 3. The van der Waals surface area contributed by atoms with E-state index in [0.717, 1.165) is 12.3 Å². The third kappa shape index (κ3) is 3.04. The van der Waals surface area contributed by atoms with Gasteiger partial charge in [0.2, 0.25) is 0 Å². The molecule has 1 aromatic heterocycles. The average Bonchev–Trinajstić information content (AvgIpc) is 2.01. The maximum Gasteiger partial charge on any atom is 0.0300 e. The number of aromatic nitrogens is 1. The Bertz CT molecular complexity index is 241. The minimum Gasteiger partial charge on any atom is -0.264 e. The van der Waals surface area contributed by atoms with E-state index in [1.807, 2.05) is 12.4 Å². The molecule has 0 unspecified atom stereocenters. The maximum absolute atomic E-state index is 4.16. The van der Waals surface area contributed by atoms with Crippen LogP contribution in [0.3, 0.4) is 0 Å². The first-order valence-electron chi connectivity index (χ1n) is 4.59. The molecule has 12 heavy (non-hydrogen) atoms. The highest BCUT2D eigenvalue weighted by Crippen LogP contribution is 2.08. The molecule has 1 aromatic rings. The smallest absolute Gasteiger partial charge is 0.0300 e. The zero-order valence-electron chi connectivity index (χ0n) is 8.17. The topological polar surface area (TPSA) is 12.9 Å². The summed E-state index contributed by atoms with van der Waals surface area (Å²) in [6.07, 6.45) is 6.28. The van der Waals surface area contributed by atoms with Gasteiger partial charge in [-0.2, -0.15) is 0 Å². The van der Waals surface area contributed by atoms with Crippen LogP contribution in [0.25, 0.3) is 0 Å². The van der Waals surface area contributed by atoms with Gasteiger partial charge in [0.25, 0.3) is 0 Å². The van der Waals surface area contributed by atoms with Crippen molar-refractivity contribution in [2.75, 3.05) is 0 Å². The van der Waals surface area contributed by atoms with Gasteiger partial charge in [-0.05, 0) is 36.8 Å². The highest BCUT2D eigenvalue weighted by Gasteiger charge is 1.96. The molecule has 1 heteroatoms. The first-order chi connectivity index (χ1) is 5.68. The van der Waals surface area contributed by atoms with E-state index in [-0.39, 0.29) is 0 Å². The molecule has 0 aliphatic carbocycles. The van der Waals surface area contributed by atoms with Crippen LogP contribution in [0.2, 0.25) is 0 Å². The van der Waals surface area contributed by atoms with Gasteiger partial charge in [0.1, 0.15) is 0 Å². The molecule has 66 valence electrons. The largest absolute Gasteiger partial charge is 0.264 e. The van der Waals surface area contributed by atoms with E-state index in [9.17, 15) is 0 Å². The van der Waals surface area contributed by atoms with Gasteiger partial charge < -0.3 is 0 Å². The van der Waals surface area contributed by atoms with Crippen LogP contribution in [0.5, 0.6) is 0 Å². The Balaban J connectivity index is 2.52. The standard InChI is InChI=1S/C11H17N/c1-9(2)4-5-11-6-10(3)7-12-8-11/h6-9H,4-5H2,1-3H3. The van der Waals surface area contributed by atoms with Gasteiger partial charge in [0, 0.05) is 12.4 Å². The molecule has 0 aliphatic heterocycles. The molecule has 0 spiro atoms. The average molecular weight is 163 g/mol. The minimum absolute atomic E-state index is 0.783. The Kier molecular flexibility index (Phi) is 3.27. The number of hydrogen-bond donors (Lipinski definition) is 0. The molecule has 0 fully saturated rings. The molecule has 0 aliphatic rings. The van der Waals surface area contributed by atoms with E-state index in [2.05, 4.69) is 31.8 Å². The fourth-order valence-corrected chi connectivity index (χ4v) is 1.21. The van der Waals surface area contributed by atoms with Gasteiger partial charge in [-0.3, -0.25) is 4.98 Å². The number of aryl methyl sites for hydroxylation is 2. The van der Waals surface area contributed by atoms with Gasteiger partial charge in [0.15, 0.2) is 0 Å². The molecule has 0 saturated heterocycles. The van der Waals surface area contributed by atoms with Gasteiger partial charge in [0.05, 0.1) is 0 Å². The number of nitrogens with zero attached hydrogens (tertiary/aromatic N) is 1. The van der Waals surface area contributed by atoms with Crippen LogP contribution in [0, 0.1) is 12.8 Å². The monoisotopic (exact) mass is 163 g/mol. The Hall–Kier alpha value is -0.850. The molecule has 0 aromatic carbocycles. The third-order valence-corrected chi connectivity index (χ3v) is 1.94. The molecule has 0 N–H and O–H groups in total. The van der Waals surface area contributed by atoms with Crippen molar-refractivity contribution in [1.29, 1.82) is 0 Å². The lowest BCUT2D eigenvalue weighted by molar-refractivity contribution is 0.586. The number of hydrogen-bond acceptors (Lipinski definition) is 1. The van der Waals surface area contributed by atoms with Gasteiger partial charge in [-0.25, -0.2) is 0 Å². The fraction of sp³-hybridized carbons (Fsp3) is 0.545. The maximum atomic E-state index is 4.16. The highest BCUT2D eigenvalue weighted by atomic mass is 14.6. The molecular formula is C11H17N. The molecular weight excluding hydrogens is 146 g/mol. The van der Waals surface area contributed by atoms with Crippen LogP contribution in [0.15, 0.2) is 18.5 Å². The van der Waals surface area contributed by atoms with Crippen molar-refractivity contribution in [2.45, 2.75) is 33.6 Å². The Morgan fingerprint density at radius 1 is 1.33 bits per heavy atom. The summed E-state index contributed by atoms with van der Waals surface area (Å²) in [5.74, 6) is 0.783. The van der Waals surface area contributed by atoms with Crippen molar-refractivity contribution in [3.63, 3.8) is 0 Å². The minimum atomic E-state index is 0.783. The quantitative estimate of drug-likeness (QED) is 0.667. The summed E-state index contributed by atoms with van der Waals surface area (Å²) in [6.45, 7) is 6.60. The van der Waals surface area contributed by atoms with Crippen molar-refractivity contribution < 1.29 is 0 Å². The molecule has 0 saturated carbocycles. The normalized spacial score (nSPS) is 10.7. The van der Waals surface area contributed by atoms with Gasteiger partial charge in [-0.1, -0.05) is 19.9 Å². The van der Waals surface area contributed by atoms with Crippen molar-refractivity contribution in [2.24, 2.45) is 5.92 Å². The summed E-state index contributed by atoms with van der Waals surface area (Å²) in [6, 6.07) is 2.22. The molecule has 0 radical (unpaired) electrons. The fourth-order valence-electron chi connectivity index (χ4n) is 1.21. The van der Waals surface area contributed by atoms with Crippen LogP contribution in [0.1, 0.15) is 31.4 Å². The molecule has 0 amide bonds. The van der Waals surface area contributed by atoms with Crippen molar-refractivity contribution in [1.82, 2.24) is 4.98 Å². The third-order valence-electron chi connectivity index (χ3n) is 1.94. The van der Waals surface area contributed by atoms with Crippen LogP contribution in [-0.4, -0.2) is 4.98 Å². The summed E-state index contributed by atoms with van der Waals surface area (Å²) >= 11 is 0. The predicted octanol–water partition coefficient (Wildman–Crippen LogP) is 2.98. The summed E-state index contributed by atoms with van der Waals surface area (Å²) in [7, 11) is 0. The zero-order valence-corrected chi connectivity index (χ0v) is 8.17. The van der Waals surface area contributed by atoms with E-state index in [4.69, 9.17) is 0 Å². The summed E-state index contributed by atoms with van der Waals surface area (Å²) in [5, 5.41) is 0. The van der Waals surface area contributed by atoms with Crippen LogP contribution in [0.4, 0.5) is 0 Å². The molecule has 1 nitrogen and oxygen atoms in total. The van der Waals surface area contributed by atoms with E-state index < -0.39 is 0 Å². The lowest BCUT2D eigenvalue weighted by atomic mass is 10.0. The van der Waals surface area contributed by atoms with Crippen LogP contribution >= 0.6 is 0 Å². The lowest BCUT2D eigenvalue weighted by Gasteiger charge is -2.04. The van der Waals surface area contributed by atoms with Gasteiger partial charge in [-0.15, -0.1) is 0 Å². The Labute approximate surface area is 74.8 Å². The lowest BCUT2D eigenvalue weighted by Crippen LogP contribution is -1.93. The van der Waals surface area contributed by atoms with Crippen molar-refractivity contribution in [3.05, 3.63) is 29.6 Å².